The fourth-order valence-corrected chi connectivity index (χ4v) is 1.96. The second-order valence-electron chi connectivity index (χ2n) is 4.42. The average Bonchev–Trinajstić information content (AvgIpc) is 2.46. The summed E-state index contributed by atoms with van der Waals surface area (Å²) in [4.78, 5) is 11.5. The highest BCUT2D eigenvalue weighted by Gasteiger charge is 2.10. The molecule has 2 N–H and O–H groups in total. The summed E-state index contributed by atoms with van der Waals surface area (Å²) in [5.74, 6) is 0.678. The maximum Gasteiger partial charge on any atom is 0.225 e. The molecular weight excluding hydrogens is 272 g/mol. The minimum absolute atomic E-state index is 0.494. The molecule has 2 rings (SSSR count). The monoisotopic (exact) mass is 290 g/mol. The molecule has 2 aromatic rings. The average molecular weight is 290 g/mol. The zero-order valence-corrected chi connectivity index (χ0v) is 12.3. The van der Waals surface area contributed by atoms with Gasteiger partial charge in [-0.15, -0.1) is 0 Å². The van der Waals surface area contributed by atoms with Gasteiger partial charge in [-0.25, -0.2) is 9.97 Å². The van der Waals surface area contributed by atoms with Crippen molar-refractivity contribution in [1.29, 1.82) is 0 Å². The van der Waals surface area contributed by atoms with Gasteiger partial charge in [0.25, 0.3) is 0 Å². The Morgan fingerprint density at radius 1 is 1.35 bits per heavy atom. The summed E-state index contributed by atoms with van der Waals surface area (Å²) in [5.41, 5.74) is 6.50. The summed E-state index contributed by atoms with van der Waals surface area (Å²) >= 11 is 4.93. The van der Waals surface area contributed by atoms with E-state index in [9.17, 15) is 0 Å². The predicted molar refractivity (Wildman–Crippen MR) is 85.0 cm³/mol. The molecule has 0 unspecified atom stereocenters. The third-order valence-electron chi connectivity index (χ3n) is 2.95. The minimum Gasteiger partial charge on any atom is -0.393 e. The molecule has 0 spiro atoms. The Kier molecular flexibility index (Phi) is 5.20. The Bertz CT molecular complexity index is 590. The molecule has 0 saturated heterocycles. The van der Waals surface area contributed by atoms with E-state index in [4.69, 9.17) is 22.7 Å². The smallest absolute Gasteiger partial charge is 0.225 e. The SMILES string of the molecule is COCCN(CCC(N)=S)c1ncc2ccccc2n1. The highest BCUT2D eigenvalue weighted by Crippen LogP contribution is 2.15. The first-order valence-electron chi connectivity index (χ1n) is 6.44. The van der Waals surface area contributed by atoms with Crippen LogP contribution in [0.4, 0.5) is 5.95 Å². The van der Waals surface area contributed by atoms with Crippen molar-refractivity contribution in [2.24, 2.45) is 5.73 Å². The number of hydrogen-bond acceptors (Lipinski definition) is 5. The fourth-order valence-electron chi connectivity index (χ4n) is 1.87. The van der Waals surface area contributed by atoms with E-state index < -0.39 is 0 Å². The van der Waals surface area contributed by atoms with E-state index in [0.717, 1.165) is 10.9 Å². The summed E-state index contributed by atoms with van der Waals surface area (Å²) in [6, 6.07) is 7.91. The topological polar surface area (TPSA) is 64.3 Å². The maximum atomic E-state index is 5.57. The molecule has 0 saturated carbocycles. The summed E-state index contributed by atoms with van der Waals surface area (Å²) in [6.45, 7) is 2.00. The number of anilines is 1. The quantitative estimate of drug-likeness (QED) is 0.784. The third-order valence-corrected chi connectivity index (χ3v) is 3.16. The van der Waals surface area contributed by atoms with Crippen molar-refractivity contribution < 1.29 is 4.74 Å². The summed E-state index contributed by atoms with van der Waals surface area (Å²) in [6.07, 6.45) is 2.47. The van der Waals surface area contributed by atoms with Gasteiger partial charge >= 0.3 is 0 Å². The molecule has 1 heterocycles. The molecule has 0 aliphatic carbocycles. The zero-order valence-electron chi connectivity index (χ0n) is 11.5. The van der Waals surface area contributed by atoms with Gasteiger partial charge in [-0.2, -0.15) is 0 Å². The first-order valence-corrected chi connectivity index (χ1v) is 6.85. The molecule has 0 atom stereocenters. The van der Waals surface area contributed by atoms with Crippen LogP contribution in [-0.2, 0) is 4.74 Å². The van der Waals surface area contributed by atoms with Crippen LogP contribution in [0.25, 0.3) is 10.9 Å². The van der Waals surface area contributed by atoms with Gasteiger partial charge in [0.1, 0.15) is 0 Å². The van der Waals surface area contributed by atoms with Crippen molar-refractivity contribution in [1.82, 2.24) is 9.97 Å². The lowest BCUT2D eigenvalue weighted by molar-refractivity contribution is 0.205. The van der Waals surface area contributed by atoms with Gasteiger partial charge in [0.05, 0.1) is 17.1 Å². The maximum absolute atomic E-state index is 5.57. The van der Waals surface area contributed by atoms with Gasteiger partial charge in [-0.3, -0.25) is 0 Å². The number of ether oxygens (including phenoxy) is 1. The van der Waals surface area contributed by atoms with Gasteiger partial charge in [-0.05, 0) is 6.07 Å². The summed E-state index contributed by atoms with van der Waals surface area (Å²) in [7, 11) is 1.67. The second kappa shape index (κ2) is 7.12. The highest BCUT2D eigenvalue weighted by atomic mass is 32.1. The van der Waals surface area contributed by atoms with Gasteiger partial charge in [-0.1, -0.05) is 30.4 Å². The Balaban J connectivity index is 2.21. The summed E-state index contributed by atoms with van der Waals surface area (Å²) < 4.78 is 5.13. The molecule has 0 bridgehead atoms. The molecule has 0 aliphatic rings. The van der Waals surface area contributed by atoms with Crippen LogP contribution in [0.2, 0.25) is 0 Å². The van der Waals surface area contributed by atoms with Crippen LogP contribution in [0.15, 0.2) is 30.5 Å². The zero-order chi connectivity index (χ0) is 14.4. The molecule has 1 aromatic carbocycles. The van der Waals surface area contributed by atoms with E-state index in [0.29, 0.717) is 37.1 Å². The van der Waals surface area contributed by atoms with Crippen LogP contribution in [0.1, 0.15) is 6.42 Å². The van der Waals surface area contributed by atoms with Crippen molar-refractivity contribution in [3.8, 4) is 0 Å². The molecular formula is C14H18N4OS. The number of fused-ring (bicyclic) bond motifs is 1. The first-order chi connectivity index (χ1) is 9.70. The van der Waals surface area contributed by atoms with E-state index in [1.54, 1.807) is 7.11 Å². The van der Waals surface area contributed by atoms with Crippen molar-refractivity contribution in [3.05, 3.63) is 30.5 Å². The largest absolute Gasteiger partial charge is 0.393 e. The van der Waals surface area contributed by atoms with Crippen LogP contribution in [-0.4, -0.2) is 41.8 Å². The number of rotatable bonds is 7. The minimum atomic E-state index is 0.494. The van der Waals surface area contributed by atoms with E-state index in [1.165, 1.54) is 0 Å². The molecule has 0 fully saturated rings. The Morgan fingerprint density at radius 2 is 2.15 bits per heavy atom. The van der Waals surface area contributed by atoms with Crippen molar-refractivity contribution >= 4 is 34.1 Å². The lowest BCUT2D eigenvalue weighted by atomic mass is 10.2. The van der Waals surface area contributed by atoms with Crippen LogP contribution >= 0.6 is 12.2 Å². The van der Waals surface area contributed by atoms with E-state index in [2.05, 4.69) is 9.97 Å². The van der Waals surface area contributed by atoms with E-state index in [1.807, 2.05) is 35.4 Å². The molecule has 106 valence electrons. The van der Waals surface area contributed by atoms with Gasteiger partial charge < -0.3 is 15.4 Å². The molecule has 0 amide bonds. The Hall–Kier alpha value is -1.79. The second-order valence-corrected chi connectivity index (χ2v) is 4.95. The Morgan fingerprint density at radius 3 is 2.90 bits per heavy atom. The van der Waals surface area contributed by atoms with Crippen LogP contribution in [0.3, 0.4) is 0 Å². The third kappa shape index (κ3) is 3.85. The predicted octanol–water partition coefficient (Wildman–Crippen LogP) is 1.76. The number of aromatic nitrogens is 2. The van der Waals surface area contributed by atoms with Crippen LogP contribution < -0.4 is 10.6 Å². The van der Waals surface area contributed by atoms with E-state index in [-0.39, 0.29) is 0 Å². The van der Waals surface area contributed by atoms with E-state index >= 15 is 0 Å². The number of nitrogens with two attached hydrogens (primary N) is 1. The van der Waals surface area contributed by atoms with Crippen molar-refractivity contribution in [2.45, 2.75) is 6.42 Å². The molecule has 1 aromatic heterocycles. The molecule has 0 aliphatic heterocycles. The number of nitrogens with zero attached hydrogens (tertiary/aromatic N) is 3. The normalized spacial score (nSPS) is 10.7. The lowest BCUT2D eigenvalue weighted by Gasteiger charge is -2.22. The van der Waals surface area contributed by atoms with Gasteiger partial charge in [0, 0.05) is 38.2 Å². The number of benzene rings is 1. The fraction of sp³-hybridized carbons (Fsp3) is 0.357. The summed E-state index contributed by atoms with van der Waals surface area (Å²) in [5, 5.41) is 1.03. The highest BCUT2D eigenvalue weighted by molar-refractivity contribution is 7.80. The first kappa shape index (κ1) is 14.6. The van der Waals surface area contributed by atoms with Gasteiger partial charge in [0.2, 0.25) is 5.95 Å². The molecule has 5 nitrogen and oxygen atoms in total. The van der Waals surface area contributed by atoms with Crippen molar-refractivity contribution in [2.75, 3.05) is 31.7 Å². The number of para-hydroxylation sites is 1. The lowest BCUT2D eigenvalue weighted by Crippen LogP contribution is -2.32. The van der Waals surface area contributed by atoms with Crippen LogP contribution in [0, 0.1) is 0 Å². The van der Waals surface area contributed by atoms with Gasteiger partial charge in [0.15, 0.2) is 0 Å². The Labute approximate surface area is 123 Å². The van der Waals surface area contributed by atoms with Crippen molar-refractivity contribution in [3.63, 3.8) is 0 Å². The molecule has 20 heavy (non-hydrogen) atoms. The van der Waals surface area contributed by atoms with Crippen LogP contribution in [0.5, 0.6) is 0 Å². The standard InChI is InChI=1S/C14H18N4OS/c1-19-9-8-18(7-6-13(15)20)14-16-10-11-4-2-3-5-12(11)17-14/h2-5,10H,6-9H2,1H3,(H2,15,20). The molecule has 6 heteroatoms. The number of methoxy groups -OCH3 is 1. The molecule has 0 radical (unpaired) electrons. The number of thiocarbonyl (C=S) groups is 1. The number of hydrogen-bond donors (Lipinski definition) is 1.